The standard InChI is InChI=1S/C12H25B2O2/c1-9(2)11(4,5)15-13-14-8-10(3)12(6,7)16-14/h9-10H,8H2,1-7H3. The summed E-state index contributed by atoms with van der Waals surface area (Å²) >= 11 is 0. The van der Waals surface area contributed by atoms with Crippen LogP contribution in [-0.4, -0.2) is 25.4 Å². The molecular formula is C12H25B2O2. The van der Waals surface area contributed by atoms with Gasteiger partial charge in [-0.25, -0.2) is 0 Å². The molecule has 1 unspecified atom stereocenters. The van der Waals surface area contributed by atoms with E-state index in [1.807, 2.05) is 7.37 Å². The minimum atomic E-state index is -0.112. The van der Waals surface area contributed by atoms with Crippen molar-refractivity contribution in [2.45, 2.75) is 66.0 Å². The highest BCUT2D eigenvalue weighted by Gasteiger charge is 2.42. The van der Waals surface area contributed by atoms with E-state index in [-0.39, 0.29) is 18.0 Å². The van der Waals surface area contributed by atoms with Gasteiger partial charge in [-0.05, 0) is 45.9 Å². The van der Waals surface area contributed by atoms with E-state index in [9.17, 15) is 0 Å². The molecule has 0 aromatic rings. The molecule has 1 atom stereocenters. The first kappa shape index (κ1) is 14.1. The molecule has 1 rings (SSSR count). The summed E-state index contributed by atoms with van der Waals surface area (Å²) in [6.07, 6.45) is 1.06. The van der Waals surface area contributed by atoms with Crippen molar-refractivity contribution in [1.29, 1.82) is 0 Å². The third kappa shape index (κ3) is 3.27. The molecule has 0 saturated carbocycles. The first-order chi connectivity index (χ1) is 7.15. The van der Waals surface area contributed by atoms with E-state index < -0.39 is 0 Å². The Balaban J connectivity index is 2.41. The quantitative estimate of drug-likeness (QED) is 0.682. The lowest BCUT2D eigenvalue weighted by molar-refractivity contribution is 0.0632. The van der Waals surface area contributed by atoms with Crippen LogP contribution in [0.4, 0.5) is 0 Å². The maximum absolute atomic E-state index is 5.96. The second-order valence-electron chi connectivity index (χ2n) is 6.41. The van der Waals surface area contributed by atoms with Crippen LogP contribution in [0.2, 0.25) is 6.32 Å². The number of hydrogen-bond donors (Lipinski definition) is 0. The zero-order valence-corrected chi connectivity index (χ0v) is 11.8. The summed E-state index contributed by atoms with van der Waals surface area (Å²) in [7, 11) is 1.89. The third-order valence-electron chi connectivity index (χ3n) is 4.14. The Morgan fingerprint density at radius 3 is 2.38 bits per heavy atom. The van der Waals surface area contributed by atoms with Gasteiger partial charge in [-0.1, -0.05) is 20.8 Å². The fraction of sp³-hybridized carbons (Fsp3) is 1.00. The predicted octanol–water partition coefficient (Wildman–Crippen LogP) is 2.99. The molecule has 0 N–H and O–H groups in total. The highest BCUT2D eigenvalue weighted by Crippen LogP contribution is 2.34. The number of hydrogen-bond acceptors (Lipinski definition) is 2. The molecule has 1 heterocycles. The Morgan fingerprint density at radius 1 is 1.44 bits per heavy atom. The van der Waals surface area contributed by atoms with Gasteiger partial charge in [0.25, 0.3) is 14.2 Å². The zero-order valence-electron chi connectivity index (χ0n) is 11.8. The summed E-state index contributed by atoms with van der Waals surface area (Å²) in [5, 5.41) is 0. The lowest BCUT2D eigenvalue weighted by atomic mass is 9.40. The van der Waals surface area contributed by atoms with Crippen LogP contribution in [0.1, 0.15) is 48.5 Å². The smallest absolute Gasteiger partial charge is 0.290 e. The Morgan fingerprint density at radius 2 is 2.00 bits per heavy atom. The maximum Gasteiger partial charge on any atom is 0.290 e. The van der Waals surface area contributed by atoms with Crippen LogP contribution in [0.25, 0.3) is 0 Å². The van der Waals surface area contributed by atoms with Crippen molar-refractivity contribution in [3.8, 4) is 0 Å². The van der Waals surface area contributed by atoms with Crippen LogP contribution in [0, 0.1) is 11.8 Å². The summed E-state index contributed by atoms with van der Waals surface area (Å²) in [4.78, 5) is 0. The van der Waals surface area contributed by atoms with Gasteiger partial charge in [0, 0.05) is 11.2 Å². The Kier molecular flexibility index (Phi) is 4.18. The second kappa shape index (κ2) is 4.73. The lowest BCUT2D eigenvalue weighted by Crippen LogP contribution is -2.38. The van der Waals surface area contributed by atoms with Gasteiger partial charge in [-0.2, -0.15) is 0 Å². The molecule has 0 bridgehead atoms. The average molecular weight is 223 g/mol. The highest BCUT2D eigenvalue weighted by molar-refractivity contribution is 7.06. The molecule has 1 aliphatic heterocycles. The zero-order chi connectivity index (χ0) is 12.6. The summed E-state index contributed by atoms with van der Waals surface area (Å²) in [5.41, 5.74) is -0.133. The van der Waals surface area contributed by atoms with Gasteiger partial charge in [0.1, 0.15) is 0 Å². The van der Waals surface area contributed by atoms with Crippen LogP contribution in [0.3, 0.4) is 0 Å². The average Bonchev–Trinajstić information content (AvgIpc) is 2.38. The molecule has 16 heavy (non-hydrogen) atoms. The van der Waals surface area contributed by atoms with E-state index in [4.69, 9.17) is 9.31 Å². The molecule has 0 amide bonds. The Bertz CT molecular complexity index is 239. The van der Waals surface area contributed by atoms with E-state index >= 15 is 0 Å². The molecule has 0 aromatic carbocycles. The van der Waals surface area contributed by atoms with Crippen LogP contribution >= 0.6 is 0 Å². The van der Waals surface area contributed by atoms with Crippen LogP contribution in [-0.2, 0) is 9.31 Å². The topological polar surface area (TPSA) is 18.5 Å². The second-order valence-corrected chi connectivity index (χ2v) is 6.41. The lowest BCUT2D eigenvalue weighted by Gasteiger charge is -2.31. The highest BCUT2D eigenvalue weighted by atomic mass is 16.5. The molecule has 1 fully saturated rings. The van der Waals surface area contributed by atoms with E-state index in [1.165, 1.54) is 0 Å². The fourth-order valence-corrected chi connectivity index (χ4v) is 1.66. The van der Waals surface area contributed by atoms with Gasteiger partial charge in [-0.3, -0.25) is 0 Å². The molecule has 0 spiro atoms. The van der Waals surface area contributed by atoms with Crippen molar-refractivity contribution >= 4 is 14.2 Å². The van der Waals surface area contributed by atoms with Gasteiger partial charge in [0.05, 0.1) is 0 Å². The van der Waals surface area contributed by atoms with Gasteiger partial charge >= 0.3 is 0 Å². The van der Waals surface area contributed by atoms with Crippen molar-refractivity contribution in [1.82, 2.24) is 0 Å². The largest absolute Gasteiger partial charge is 0.442 e. The van der Waals surface area contributed by atoms with Crippen molar-refractivity contribution in [3.05, 3.63) is 0 Å². The van der Waals surface area contributed by atoms with Crippen LogP contribution in [0.5, 0.6) is 0 Å². The Labute approximate surface area is 102 Å². The monoisotopic (exact) mass is 223 g/mol. The van der Waals surface area contributed by atoms with Crippen LogP contribution < -0.4 is 0 Å². The molecule has 1 aliphatic rings. The molecule has 2 nitrogen and oxygen atoms in total. The minimum Gasteiger partial charge on any atom is -0.442 e. The molecule has 4 heteroatoms. The maximum atomic E-state index is 5.96. The fourth-order valence-electron chi connectivity index (χ4n) is 1.66. The van der Waals surface area contributed by atoms with Gasteiger partial charge < -0.3 is 9.31 Å². The normalized spacial score (nSPS) is 25.2. The summed E-state index contributed by atoms with van der Waals surface area (Å²) in [6, 6.07) is 0. The third-order valence-corrected chi connectivity index (χ3v) is 4.14. The molecule has 0 aromatic heterocycles. The van der Waals surface area contributed by atoms with E-state index in [0.29, 0.717) is 11.8 Å². The molecule has 1 radical (unpaired) electrons. The summed E-state index contributed by atoms with van der Waals surface area (Å²) in [6.45, 7) is 15.3. The van der Waals surface area contributed by atoms with Gasteiger partial charge in [0.2, 0.25) is 0 Å². The molecule has 0 aliphatic carbocycles. The van der Waals surface area contributed by atoms with E-state index in [1.54, 1.807) is 0 Å². The first-order valence-corrected chi connectivity index (χ1v) is 6.34. The molecular weight excluding hydrogens is 198 g/mol. The number of rotatable bonds is 4. The minimum absolute atomic E-state index is 0.0213. The molecule has 1 saturated heterocycles. The Hall–Kier alpha value is 0.0499. The van der Waals surface area contributed by atoms with Crippen LogP contribution in [0.15, 0.2) is 0 Å². The van der Waals surface area contributed by atoms with Gasteiger partial charge in [0.15, 0.2) is 0 Å². The van der Waals surface area contributed by atoms with Crippen molar-refractivity contribution in [3.63, 3.8) is 0 Å². The van der Waals surface area contributed by atoms with E-state index in [2.05, 4.69) is 48.5 Å². The SMILES string of the molecule is CC(C)C(C)(C)O[B]B1CC(C)C(C)(C)O1. The molecule has 91 valence electrons. The summed E-state index contributed by atoms with van der Waals surface area (Å²) < 4.78 is 11.8. The van der Waals surface area contributed by atoms with E-state index in [0.717, 1.165) is 6.32 Å². The summed E-state index contributed by atoms with van der Waals surface area (Å²) in [5.74, 6) is 1.08. The van der Waals surface area contributed by atoms with Crippen molar-refractivity contribution < 1.29 is 9.31 Å². The first-order valence-electron chi connectivity index (χ1n) is 6.34. The van der Waals surface area contributed by atoms with Gasteiger partial charge in [-0.15, -0.1) is 0 Å². The van der Waals surface area contributed by atoms with Crippen molar-refractivity contribution in [2.24, 2.45) is 11.8 Å². The van der Waals surface area contributed by atoms with Crippen molar-refractivity contribution in [2.75, 3.05) is 0 Å². The predicted molar refractivity (Wildman–Crippen MR) is 70.6 cm³/mol.